The van der Waals surface area contributed by atoms with Gasteiger partial charge in [0.2, 0.25) is 0 Å². The molecule has 0 aliphatic rings. The van der Waals surface area contributed by atoms with Crippen LogP contribution in [0.4, 0.5) is 17.1 Å². The monoisotopic (exact) mass is 226 g/mol. The molecule has 2 aromatic rings. The fourth-order valence-electron chi connectivity index (χ4n) is 1.35. The molecule has 0 bridgehead atoms. The van der Waals surface area contributed by atoms with E-state index in [-0.39, 0.29) is 0 Å². The quantitative estimate of drug-likeness (QED) is 0.751. The molecule has 1 heterocycles. The fourth-order valence-corrected chi connectivity index (χ4v) is 1.35. The van der Waals surface area contributed by atoms with E-state index in [1.165, 1.54) is 0 Å². The Bertz CT molecular complexity index is 489. The molecule has 0 unspecified atom stereocenters. The van der Waals surface area contributed by atoms with E-state index < -0.39 is 0 Å². The Morgan fingerprint density at radius 3 is 2.24 bits per heavy atom. The fraction of sp³-hybridized carbons (Fsp3) is 0.154. The molecule has 2 rings (SSSR count). The number of azo groups is 1. The molecule has 0 aliphatic heterocycles. The van der Waals surface area contributed by atoms with Crippen molar-refractivity contribution in [3.05, 3.63) is 48.8 Å². The Morgan fingerprint density at radius 1 is 0.941 bits per heavy atom. The first kappa shape index (κ1) is 11.3. The third-order valence-electron chi connectivity index (χ3n) is 2.29. The molecule has 0 spiro atoms. The van der Waals surface area contributed by atoms with E-state index in [0.29, 0.717) is 0 Å². The normalized spacial score (nSPS) is 10.7. The molecule has 0 saturated carbocycles. The van der Waals surface area contributed by atoms with Gasteiger partial charge in [0, 0.05) is 26.0 Å². The summed E-state index contributed by atoms with van der Waals surface area (Å²) < 4.78 is 0. The summed E-state index contributed by atoms with van der Waals surface area (Å²) in [4.78, 5) is 6.02. The summed E-state index contributed by atoms with van der Waals surface area (Å²) in [7, 11) is 4.01. The molecular weight excluding hydrogens is 212 g/mol. The standard InChI is InChI=1S/C13H14N4/c1-17(2)13-7-5-11(6-8-13)15-16-12-4-3-9-14-10-12/h3-10H,1-2H3/b16-15+. The highest BCUT2D eigenvalue weighted by atomic mass is 15.1. The third kappa shape index (κ3) is 3.11. The Balaban J connectivity index is 2.12. The van der Waals surface area contributed by atoms with Crippen LogP contribution in [0.25, 0.3) is 0 Å². The Labute approximate surface area is 101 Å². The molecule has 4 nitrogen and oxygen atoms in total. The lowest BCUT2D eigenvalue weighted by Gasteiger charge is -2.11. The van der Waals surface area contributed by atoms with Gasteiger partial charge in [0.25, 0.3) is 0 Å². The van der Waals surface area contributed by atoms with Gasteiger partial charge in [-0.3, -0.25) is 4.98 Å². The maximum absolute atomic E-state index is 4.14. The smallest absolute Gasteiger partial charge is 0.104 e. The summed E-state index contributed by atoms with van der Waals surface area (Å²) in [6.07, 6.45) is 3.39. The maximum Gasteiger partial charge on any atom is 0.104 e. The Kier molecular flexibility index (Phi) is 3.45. The predicted octanol–water partition coefficient (Wildman–Crippen LogP) is 3.56. The number of nitrogens with zero attached hydrogens (tertiary/aromatic N) is 4. The van der Waals surface area contributed by atoms with Crippen LogP contribution >= 0.6 is 0 Å². The van der Waals surface area contributed by atoms with Crippen LogP contribution in [0.15, 0.2) is 59.0 Å². The number of benzene rings is 1. The molecule has 0 amide bonds. The SMILES string of the molecule is CN(C)c1ccc(/N=N/c2cccnc2)cc1. The largest absolute Gasteiger partial charge is 0.378 e. The highest BCUT2D eigenvalue weighted by Crippen LogP contribution is 2.20. The van der Waals surface area contributed by atoms with Crippen molar-refractivity contribution in [1.29, 1.82) is 0 Å². The molecule has 86 valence electrons. The van der Waals surface area contributed by atoms with Crippen molar-refractivity contribution in [3.8, 4) is 0 Å². The van der Waals surface area contributed by atoms with Crippen molar-refractivity contribution in [2.45, 2.75) is 0 Å². The van der Waals surface area contributed by atoms with Crippen LogP contribution in [-0.4, -0.2) is 19.1 Å². The lowest BCUT2D eigenvalue weighted by atomic mass is 10.3. The molecule has 0 N–H and O–H groups in total. The zero-order chi connectivity index (χ0) is 12.1. The van der Waals surface area contributed by atoms with Gasteiger partial charge in [-0.15, -0.1) is 5.11 Å². The van der Waals surface area contributed by atoms with Crippen LogP contribution in [-0.2, 0) is 0 Å². The van der Waals surface area contributed by atoms with E-state index in [9.17, 15) is 0 Å². The summed E-state index contributed by atoms with van der Waals surface area (Å²) in [6, 6.07) is 11.6. The van der Waals surface area contributed by atoms with Crippen molar-refractivity contribution in [3.63, 3.8) is 0 Å². The van der Waals surface area contributed by atoms with Gasteiger partial charge in [0.15, 0.2) is 0 Å². The molecule has 4 heteroatoms. The second-order valence-electron chi connectivity index (χ2n) is 3.82. The molecular formula is C13H14N4. The molecule has 0 radical (unpaired) electrons. The molecule has 17 heavy (non-hydrogen) atoms. The van der Waals surface area contributed by atoms with E-state index in [1.54, 1.807) is 12.4 Å². The highest BCUT2D eigenvalue weighted by Gasteiger charge is 1.94. The summed E-state index contributed by atoms with van der Waals surface area (Å²) in [5.41, 5.74) is 2.73. The third-order valence-corrected chi connectivity index (χ3v) is 2.29. The number of hydrogen-bond donors (Lipinski definition) is 0. The minimum absolute atomic E-state index is 0.754. The highest BCUT2D eigenvalue weighted by molar-refractivity contribution is 5.51. The number of rotatable bonds is 3. The molecule has 0 aliphatic carbocycles. The van der Waals surface area contributed by atoms with E-state index >= 15 is 0 Å². The lowest BCUT2D eigenvalue weighted by Crippen LogP contribution is -2.07. The van der Waals surface area contributed by atoms with Gasteiger partial charge in [0.1, 0.15) is 5.69 Å². The number of pyridine rings is 1. The second-order valence-corrected chi connectivity index (χ2v) is 3.82. The van der Waals surface area contributed by atoms with Crippen LogP contribution in [0.3, 0.4) is 0 Å². The number of anilines is 1. The van der Waals surface area contributed by atoms with Gasteiger partial charge in [-0.1, -0.05) is 0 Å². The van der Waals surface area contributed by atoms with Gasteiger partial charge < -0.3 is 4.90 Å². The van der Waals surface area contributed by atoms with Crippen LogP contribution in [0.1, 0.15) is 0 Å². The van der Waals surface area contributed by atoms with Gasteiger partial charge in [-0.2, -0.15) is 5.11 Å². The molecule has 0 saturated heterocycles. The summed E-state index contributed by atoms with van der Waals surface area (Å²) in [6.45, 7) is 0. The first-order chi connectivity index (χ1) is 8.25. The topological polar surface area (TPSA) is 40.9 Å². The van der Waals surface area contributed by atoms with Gasteiger partial charge in [-0.05, 0) is 36.4 Å². The van der Waals surface area contributed by atoms with Crippen LogP contribution < -0.4 is 4.90 Å². The number of hydrogen-bond acceptors (Lipinski definition) is 4. The van der Waals surface area contributed by atoms with Gasteiger partial charge in [-0.25, -0.2) is 0 Å². The van der Waals surface area contributed by atoms with Crippen molar-refractivity contribution in [2.24, 2.45) is 10.2 Å². The van der Waals surface area contributed by atoms with Crippen molar-refractivity contribution in [2.75, 3.05) is 19.0 Å². The molecule has 0 fully saturated rings. The number of aromatic nitrogens is 1. The predicted molar refractivity (Wildman–Crippen MR) is 69.2 cm³/mol. The Hall–Kier alpha value is -2.23. The van der Waals surface area contributed by atoms with Crippen molar-refractivity contribution >= 4 is 17.1 Å². The van der Waals surface area contributed by atoms with E-state index in [0.717, 1.165) is 17.1 Å². The van der Waals surface area contributed by atoms with Crippen LogP contribution in [0, 0.1) is 0 Å². The first-order valence-corrected chi connectivity index (χ1v) is 5.35. The lowest BCUT2D eigenvalue weighted by molar-refractivity contribution is 1.13. The van der Waals surface area contributed by atoms with Crippen LogP contribution in [0.2, 0.25) is 0 Å². The van der Waals surface area contributed by atoms with Gasteiger partial charge >= 0.3 is 0 Å². The summed E-state index contributed by atoms with van der Waals surface area (Å²) in [5, 5.41) is 8.24. The summed E-state index contributed by atoms with van der Waals surface area (Å²) in [5.74, 6) is 0. The molecule has 0 atom stereocenters. The zero-order valence-electron chi connectivity index (χ0n) is 9.91. The van der Waals surface area contributed by atoms with E-state index in [4.69, 9.17) is 0 Å². The van der Waals surface area contributed by atoms with Crippen LogP contribution in [0.5, 0.6) is 0 Å². The first-order valence-electron chi connectivity index (χ1n) is 5.35. The minimum atomic E-state index is 0.754. The van der Waals surface area contributed by atoms with E-state index in [1.807, 2.05) is 55.4 Å². The van der Waals surface area contributed by atoms with Crippen molar-refractivity contribution < 1.29 is 0 Å². The molecule has 1 aromatic carbocycles. The Morgan fingerprint density at radius 2 is 1.65 bits per heavy atom. The molecule has 1 aromatic heterocycles. The van der Waals surface area contributed by atoms with E-state index in [2.05, 4.69) is 15.2 Å². The van der Waals surface area contributed by atoms with Crippen molar-refractivity contribution in [1.82, 2.24) is 4.98 Å². The second kappa shape index (κ2) is 5.21. The average molecular weight is 226 g/mol. The minimum Gasteiger partial charge on any atom is -0.378 e. The maximum atomic E-state index is 4.14. The zero-order valence-corrected chi connectivity index (χ0v) is 9.91. The summed E-state index contributed by atoms with van der Waals surface area (Å²) >= 11 is 0. The average Bonchev–Trinajstić information content (AvgIpc) is 2.38. The van der Waals surface area contributed by atoms with Gasteiger partial charge in [0.05, 0.1) is 11.9 Å².